The van der Waals surface area contributed by atoms with Crippen LogP contribution in [0.2, 0.25) is 0 Å². The van der Waals surface area contributed by atoms with Gasteiger partial charge in [0.15, 0.2) is 0 Å². The highest BCUT2D eigenvalue weighted by Crippen LogP contribution is 2.37. The Morgan fingerprint density at radius 3 is 2.74 bits per heavy atom. The van der Waals surface area contributed by atoms with Gasteiger partial charge < -0.3 is 4.90 Å². The van der Waals surface area contributed by atoms with Crippen molar-refractivity contribution in [2.24, 2.45) is 0 Å². The Hall–Kier alpha value is -2.20. The van der Waals surface area contributed by atoms with Gasteiger partial charge in [0.2, 0.25) is 0 Å². The van der Waals surface area contributed by atoms with E-state index in [1.54, 1.807) is 11.3 Å². The number of aromatic nitrogens is 1. The minimum atomic E-state index is 0.112. The van der Waals surface area contributed by atoms with Gasteiger partial charge in [-0.05, 0) is 44.0 Å². The van der Waals surface area contributed by atoms with Gasteiger partial charge in [0.1, 0.15) is 5.01 Å². The van der Waals surface area contributed by atoms with Gasteiger partial charge in [-0.2, -0.15) is 0 Å². The summed E-state index contributed by atoms with van der Waals surface area (Å²) in [4.78, 5) is 19.6. The van der Waals surface area contributed by atoms with Gasteiger partial charge in [-0.25, -0.2) is 4.98 Å². The zero-order chi connectivity index (χ0) is 15.8. The summed E-state index contributed by atoms with van der Waals surface area (Å²) in [5.74, 6) is 0.117. The summed E-state index contributed by atoms with van der Waals surface area (Å²) in [6.45, 7) is 2.85. The molecule has 1 amide bonds. The van der Waals surface area contributed by atoms with E-state index in [0.717, 1.165) is 35.5 Å². The lowest BCUT2D eigenvalue weighted by Crippen LogP contribution is -2.30. The average Bonchev–Trinajstić information content (AvgIpc) is 3.21. The van der Waals surface area contributed by atoms with Gasteiger partial charge in [0.05, 0.1) is 16.3 Å². The summed E-state index contributed by atoms with van der Waals surface area (Å²) in [6.07, 6.45) is 2.04. The second kappa shape index (κ2) is 5.78. The highest BCUT2D eigenvalue weighted by molar-refractivity contribution is 7.18. The standard InChI is InChI=1S/C19H18N2OS/c1-13-8-10-14(11-9-13)19(22)21-12-4-6-16(21)18-20-15-5-2-3-7-17(15)23-18/h2-3,5,7-11,16H,4,6,12H2,1H3/t16-/m0/s1. The number of carbonyl (C=O) groups excluding carboxylic acids is 1. The van der Waals surface area contributed by atoms with Crippen LogP contribution in [-0.2, 0) is 0 Å². The highest BCUT2D eigenvalue weighted by Gasteiger charge is 2.32. The van der Waals surface area contributed by atoms with Crippen molar-refractivity contribution in [2.45, 2.75) is 25.8 Å². The molecule has 1 aromatic heterocycles. The van der Waals surface area contributed by atoms with Crippen LogP contribution in [0.1, 0.15) is 39.8 Å². The number of likely N-dealkylation sites (tertiary alicyclic amines) is 1. The maximum atomic E-state index is 12.9. The third-order valence-electron chi connectivity index (χ3n) is 4.41. The lowest BCUT2D eigenvalue weighted by Gasteiger charge is -2.23. The molecular formula is C19H18N2OS. The maximum absolute atomic E-state index is 12.9. The smallest absolute Gasteiger partial charge is 0.254 e. The van der Waals surface area contributed by atoms with Crippen molar-refractivity contribution in [3.8, 4) is 0 Å². The van der Waals surface area contributed by atoms with Crippen LogP contribution >= 0.6 is 11.3 Å². The molecule has 1 saturated heterocycles. The fraction of sp³-hybridized carbons (Fsp3) is 0.263. The topological polar surface area (TPSA) is 33.2 Å². The molecule has 2 aromatic carbocycles. The first-order valence-electron chi connectivity index (χ1n) is 7.95. The van der Waals surface area contributed by atoms with Crippen molar-refractivity contribution in [1.82, 2.24) is 9.88 Å². The number of hydrogen-bond donors (Lipinski definition) is 0. The number of para-hydroxylation sites is 1. The summed E-state index contributed by atoms with van der Waals surface area (Å²) in [6, 6.07) is 16.1. The molecule has 0 N–H and O–H groups in total. The summed E-state index contributed by atoms with van der Waals surface area (Å²) < 4.78 is 1.19. The van der Waals surface area contributed by atoms with Gasteiger partial charge in [-0.15, -0.1) is 11.3 Å². The van der Waals surface area contributed by atoms with Crippen molar-refractivity contribution in [3.05, 3.63) is 64.7 Å². The number of fused-ring (bicyclic) bond motifs is 1. The Morgan fingerprint density at radius 1 is 1.17 bits per heavy atom. The third-order valence-corrected chi connectivity index (χ3v) is 5.55. The molecule has 1 fully saturated rings. The summed E-state index contributed by atoms with van der Waals surface area (Å²) in [5.41, 5.74) is 2.97. The summed E-state index contributed by atoms with van der Waals surface area (Å²) in [7, 11) is 0. The first-order valence-corrected chi connectivity index (χ1v) is 8.77. The van der Waals surface area contributed by atoms with Gasteiger partial charge in [0, 0.05) is 12.1 Å². The lowest BCUT2D eigenvalue weighted by molar-refractivity contribution is 0.0735. The Balaban J connectivity index is 1.65. The van der Waals surface area contributed by atoms with Crippen molar-refractivity contribution in [3.63, 3.8) is 0 Å². The molecule has 3 aromatic rings. The molecule has 0 bridgehead atoms. The Labute approximate surface area is 139 Å². The van der Waals surface area contributed by atoms with Crippen LogP contribution in [0.15, 0.2) is 48.5 Å². The van der Waals surface area contributed by atoms with Crippen molar-refractivity contribution < 1.29 is 4.79 Å². The van der Waals surface area contributed by atoms with Crippen molar-refractivity contribution >= 4 is 27.5 Å². The van der Waals surface area contributed by atoms with E-state index >= 15 is 0 Å². The molecule has 0 aliphatic carbocycles. The molecular weight excluding hydrogens is 304 g/mol. The molecule has 0 radical (unpaired) electrons. The average molecular weight is 322 g/mol. The number of rotatable bonds is 2. The van der Waals surface area contributed by atoms with Gasteiger partial charge >= 0.3 is 0 Å². The number of hydrogen-bond acceptors (Lipinski definition) is 3. The van der Waals surface area contributed by atoms with Crippen LogP contribution < -0.4 is 0 Å². The van der Waals surface area contributed by atoms with Crippen LogP contribution in [0.3, 0.4) is 0 Å². The maximum Gasteiger partial charge on any atom is 0.254 e. The minimum Gasteiger partial charge on any atom is -0.329 e. The van der Waals surface area contributed by atoms with Crippen LogP contribution in [0, 0.1) is 6.92 Å². The molecule has 0 saturated carbocycles. The number of nitrogens with zero attached hydrogens (tertiary/aromatic N) is 2. The lowest BCUT2D eigenvalue weighted by atomic mass is 10.1. The highest BCUT2D eigenvalue weighted by atomic mass is 32.1. The monoisotopic (exact) mass is 322 g/mol. The first-order chi connectivity index (χ1) is 11.2. The Bertz CT molecular complexity index is 820. The van der Waals surface area contributed by atoms with E-state index in [1.807, 2.05) is 54.3 Å². The Morgan fingerprint density at radius 2 is 1.96 bits per heavy atom. The molecule has 4 rings (SSSR count). The molecule has 4 heteroatoms. The number of thiazole rings is 1. The van der Waals surface area contributed by atoms with Crippen molar-refractivity contribution in [1.29, 1.82) is 0 Å². The molecule has 2 heterocycles. The third kappa shape index (κ3) is 2.63. The zero-order valence-electron chi connectivity index (χ0n) is 13.0. The minimum absolute atomic E-state index is 0.112. The van der Waals surface area contributed by atoms with Crippen LogP contribution in [0.25, 0.3) is 10.2 Å². The molecule has 0 spiro atoms. The van der Waals surface area contributed by atoms with Crippen LogP contribution in [0.4, 0.5) is 0 Å². The van der Waals surface area contributed by atoms with E-state index in [2.05, 4.69) is 6.07 Å². The van der Waals surface area contributed by atoms with E-state index in [1.165, 1.54) is 10.3 Å². The van der Waals surface area contributed by atoms with Crippen LogP contribution in [0.5, 0.6) is 0 Å². The molecule has 1 aliphatic heterocycles. The number of benzene rings is 2. The van der Waals surface area contributed by atoms with E-state index in [-0.39, 0.29) is 11.9 Å². The van der Waals surface area contributed by atoms with Crippen molar-refractivity contribution in [2.75, 3.05) is 6.54 Å². The molecule has 3 nitrogen and oxygen atoms in total. The largest absolute Gasteiger partial charge is 0.329 e. The van der Waals surface area contributed by atoms with E-state index in [0.29, 0.717) is 0 Å². The molecule has 1 aliphatic rings. The zero-order valence-corrected chi connectivity index (χ0v) is 13.8. The second-order valence-electron chi connectivity index (χ2n) is 6.04. The number of amides is 1. The predicted molar refractivity (Wildman–Crippen MR) is 93.8 cm³/mol. The molecule has 1 atom stereocenters. The normalized spacial score (nSPS) is 17.8. The fourth-order valence-electron chi connectivity index (χ4n) is 3.16. The quantitative estimate of drug-likeness (QED) is 0.692. The SMILES string of the molecule is Cc1ccc(C(=O)N2CCC[C@H]2c2nc3ccccc3s2)cc1. The summed E-state index contributed by atoms with van der Waals surface area (Å²) >= 11 is 1.71. The van der Waals surface area contributed by atoms with Crippen LogP contribution in [-0.4, -0.2) is 22.3 Å². The predicted octanol–water partition coefficient (Wildman–Crippen LogP) is 4.58. The van der Waals surface area contributed by atoms with Gasteiger partial charge in [-0.1, -0.05) is 29.8 Å². The first kappa shape index (κ1) is 14.4. The number of aryl methyl sites for hydroxylation is 1. The van der Waals surface area contributed by atoms with E-state index in [9.17, 15) is 4.79 Å². The van der Waals surface area contributed by atoms with E-state index in [4.69, 9.17) is 4.98 Å². The summed E-state index contributed by atoms with van der Waals surface area (Å²) in [5, 5.41) is 1.06. The van der Waals surface area contributed by atoms with E-state index < -0.39 is 0 Å². The number of carbonyl (C=O) groups is 1. The molecule has 23 heavy (non-hydrogen) atoms. The second-order valence-corrected chi connectivity index (χ2v) is 7.10. The van der Waals surface area contributed by atoms with Gasteiger partial charge in [-0.3, -0.25) is 4.79 Å². The van der Waals surface area contributed by atoms with Gasteiger partial charge in [0.25, 0.3) is 5.91 Å². The molecule has 0 unspecified atom stereocenters. The molecule has 116 valence electrons. The Kier molecular flexibility index (Phi) is 3.62. The fourth-order valence-corrected chi connectivity index (χ4v) is 4.28.